The zero-order chi connectivity index (χ0) is 28.0. The van der Waals surface area contributed by atoms with Crippen molar-refractivity contribution in [3.8, 4) is 5.75 Å². The van der Waals surface area contributed by atoms with E-state index in [9.17, 15) is 22.4 Å². The van der Waals surface area contributed by atoms with Gasteiger partial charge in [-0.25, -0.2) is 4.39 Å². The van der Waals surface area contributed by atoms with Crippen molar-refractivity contribution < 1.29 is 27.1 Å². The molecular weight excluding hydrogens is 518 g/mol. The maximum absolute atomic E-state index is 13.3. The number of amides is 1. The number of hydrogen-bond donors (Lipinski definition) is 0. The summed E-state index contributed by atoms with van der Waals surface area (Å²) in [6.07, 6.45) is -0.0317. The number of hydrogen-bond acceptors (Lipinski definition) is 7. The van der Waals surface area contributed by atoms with Crippen molar-refractivity contribution in [3.05, 3.63) is 70.8 Å². The first-order chi connectivity index (χ1) is 18.6. The molecule has 0 bridgehead atoms. The fraction of sp³-hybridized carbons (Fsp3) is 0.423. The van der Waals surface area contributed by atoms with Crippen molar-refractivity contribution in [2.75, 3.05) is 32.9 Å². The first kappa shape index (κ1) is 28.1. The number of ether oxygens (including phenoxy) is 1. The highest BCUT2D eigenvalue weighted by Gasteiger charge is 2.31. The van der Waals surface area contributed by atoms with E-state index in [1.807, 2.05) is 13.0 Å². The van der Waals surface area contributed by atoms with E-state index in [-0.39, 0.29) is 25.1 Å². The van der Waals surface area contributed by atoms with E-state index in [0.29, 0.717) is 48.9 Å². The Balaban J connectivity index is 1.39. The molecule has 0 radical (unpaired) electrons. The van der Waals surface area contributed by atoms with Crippen LogP contribution >= 0.6 is 0 Å². The summed E-state index contributed by atoms with van der Waals surface area (Å²) in [5, 5.41) is 11.7. The smallest absolute Gasteiger partial charge is 0.416 e. The van der Waals surface area contributed by atoms with E-state index >= 15 is 0 Å². The summed E-state index contributed by atoms with van der Waals surface area (Å²) < 4.78 is 57.4. The number of carbonyl (C=O) groups is 1. The molecule has 0 aliphatic carbocycles. The Kier molecular flexibility index (Phi) is 8.90. The van der Waals surface area contributed by atoms with E-state index in [4.69, 9.17) is 4.74 Å². The Morgan fingerprint density at radius 2 is 2.00 bits per heavy atom. The van der Waals surface area contributed by atoms with Crippen LogP contribution in [0.1, 0.15) is 35.1 Å². The van der Waals surface area contributed by atoms with Crippen molar-refractivity contribution >= 4 is 12.0 Å². The van der Waals surface area contributed by atoms with E-state index in [1.165, 1.54) is 23.0 Å². The Bertz CT molecular complexity index is 1290. The highest BCUT2D eigenvalue weighted by Crippen LogP contribution is 2.31. The maximum Gasteiger partial charge on any atom is 0.416 e. The first-order valence-corrected chi connectivity index (χ1v) is 12.4. The van der Waals surface area contributed by atoms with Crippen LogP contribution in [0.2, 0.25) is 0 Å². The Labute approximate surface area is 223 Å². The lowest BCUT2D eigenvalue weighted by Gasteiger charge is -2.39. The van der Waals surface area contributed by atoms with Gasteiger partial charge in [-0.05, 0) is 60.5 Å². The molecule has 0 N–H and O–H groups in total. The fourth-order valence-corrected chi connectivity index (χ4v) is 4.36. The lowest BCUT2D eigenvalue weighted by molar-refractivity contribution is -0.137. The summed E-state index contributed by atoms with van der Waals surface area (Å²) in [6, 6.07) is 6.87. The highest BCUT2D eigenvalue weighted by molar-refractivity contribution is 5.92. The number of tetrazole rings is 1. The quantitative estimate of drug-likeness (QED) is 0.299. The topological polar surface area (TPSA) is 89.3 Å². The van der Waals surface area contributed by atoms with Gasteiger partial charge < -0.3 is 9.64 Å². The van der Waals surface area contributed by atoms with Crippen LogP contribution in [-0.2, 0) is 24.1 Å². The molecule has 1 aliphatic heterocycles. The molecule has 208 valence electrons. The molecule has 1 atom stereocenters. The summed E-state index contributed by atoms with van der Waals surface area (Å²) in [6.45, 7) is 5.32. The van der Waals surface area contributed by atoms with Crippen LogP contribution in [0, 0.1) is 6.92 Å². The molecule has 0 saturated carbocycles. The van der Waals surface area contributed by atoms with Crippen LogP contribution in [0.3, 0.4) is 0 Å². The Morgan fingerprint density at radius 3 is 2.64 bits per heavy atom. The second kappa shape index (κ2) is 12.3. The zero-order valence-electron chi connectivity index (χ0n) is 21.6. The molecule has 1 fully saturated rings. The zero-order valence-corrected chi connectivity index (χ0v) is 21.6. The second-order valence-corrected chi connectivity index (χ2v) is 9.25. The third-order valence-corrected chi connectivity index (χ3v) is 6.26. The number of benzene rings is 1. The minimum absolute atomic E-state index is 0.0120. The predicted molar refractivity (Wildman–Crippen MR) is 134 cm³/mol. The molecule has 13 heteroatoms. The highest BCUT2D eigenvalue weighted by atomic mass is 19.4. The number of carbonyl (C=O) groups excluding carboxylic acids is 1. The number of halogens is 4. The van der Waals surface area contributed by atoms with Gasteiger partial charge in [-0.1, -0.05) is 6.07 Å². The van der Waals surface area contributed by atoms with Gasteiger partial charge in [0.1, 0.15) is 19.0 Å². The molecule has 2 aromatic heterocycles. The molecule has 3 heterocycles. The van der Waals surface area contributed by atoms with Gasteiger partial charge in [-0.3, -0.25) is 14.7 Å². The van der Waals surface area contributed by atoms with Crippen LogP contribution in [0.25, 0.3) is 6.08 Å². The van der Waals surface area contributed by atoms with Gasteiger partial charge in [0.15, 0.2) is 5.82 Å². The van der Waals surface area contributed by atoms with Gasteiger partial charge in [-0.2, -0.15) is 18.0 Å². The number of aryl methyl sites for hydroxylation is 1. The van der Waals surface area contributed by atoms with Crippen molar-refractivity contribution in [1.82, 2.24) is 35.0 Å². The summed E-state index contributed by atoms with van der Waals surface area (Å²) in [5.74, 6) is 0.684. The molecule has 1 aromatic carbocycles. The van der Waals surface area contributed by atoms with E-state index < -0.39 is 18.4 Å². The van der Waals surface area contributed by atoms with Gasteiger partial charge in [0.05, 0.1) is 24.0 Å². The number of pyridine rings is 1. The molecule has 39 heavy (non-hydrogen) atoms. The molecule has 1 aliphatic rings. The lowest BCUT2D eigenvalue weighted by atomic mass is 10.0. The van der Waals surface area contributed by atoms with Gasteiger partial charge in [0, 0.05) is 38.3 Å². The van der Waals surface area contributed by atoms with E-state index in [0.717, 1.165) is 17.8 Å². The standard InChI is InChI=1S/C26H29F4N7O2/c1-18-15-35(17-23-6-7-24(14-31-23)39-12-9-27)10-11-36(18)25(38)8-4-20-3-5-22(26(28,29)30)13-21(20)16-37-33-19(2)32-34-37/h3-8,13-14,18H,9-12,15-17H2,1-2H3/b8-4+. The summed E-state index contributed by atoms with van der Waals surface area (Å²) in [4.78, 5) is 22.5. The molecule has 0 spiro atoms. The monoisotopic (exact) mass is 547 g/mol. The molecule has 1 saturated heterocycles. The SMILES string of the molecule is Cc1nnn(Cc2cc(C(F)(F)F)ccc2/C=C/C(=O)N2CCN(Cc3ccc(OCCF)cn3)CC2C)n1. The van der Waals surface area contributed by atoms with Gasteiger partial charge >= 0.3 is 6.18 Å². The third-order valence-electron chi connectivity index (χ3n) is 6.26. The van der Waals surface area contributed by atoms with Crippen molar-refractivity contribution in [2.45, 2.75) is 39.2 Å². The minimum Gasteiger partial charge on any atom is -0.489 e. The summed E-state index contributed by atoms with van der Waals surface area (Å²) >= 11 is 0. The number of nitrogens with zero attached hydrogens (tertiary/aromatic N) is 7. The van der Waals surface area contributed by atoms with Crippen molar-refractivity contribution in [3.63, 3.8) is 0 Å². The maximum atomic E-state index is 13.3. The average Bonchev–Trinajstić information content (AvgIpc) is 3.31. The van der Waals surface area contributed by atoms with Gasteiger partial charge in [-0.15, -0.1) is 10.2 Å². The minimum atomic E-state index is -4.51. The van der Waals surface area contributed by atoms with Crippen molar-refractivity contribution in [1.29, 1.82) is 0 Å². The van der Waals surface area contributed by atoms with Crippen LogP contribution in [0.4, 0.5) is 17.6 Å². The van der Waals surface area contributed by atoms with E-state index in [1.54, 1.807) is 24.1 Å². The fourth-order valence-electron chi connectivity index (χ4n) is 4.36. The molecule has 1 amide bonds. The van der Waals surface area contributed by atoms with Crippen molar-refractivity contribution in [2.24, 2.45) is 0 Å². The number of alkyl halides is 4. The van der Waals surface area contributed by atoms with Crippen LogP contribution in [0.15, 0.2) is 42.6 Å². The summed E-state index contributed by atoms with van der Waals surface area (Å²) in [5.41, 5.74) is 0.820. The van der Waals surface area contributed by atoms with Crippen LogP contribution in [0.5, 0.6) is 5.75 Å². The number of rotatable bonds is 9. The lowest BCUT2D eigenvalue weighted by Crippen LogP contribution is -2.53. The molecule has 4 rings (SSSR count). The van der Waals surface area contributed by atoms with Gasteiger partial charge in [0.25, 0.3) is 0 Å². The van der Waals surface area contributed by atoms with E-state index in [2.05, 4.69) is 25.3 Å². The number of piperazine rings is 1. The van der Waals surface area contributed by atoms with Crippen LogP contribution in [-0.4, -0.2) is 79.9 Å². The second-order valence-electron chi connectivity index (χ2n) is 9.25. The largest absolute Gasteiger partial charge is 0.489 e. The molecule has 9 nitrogen and oxygen atoms in total. The average molecular weight is 548 g/mol. The van der Waals surface area contributed by atoms with Crippen LogP contribution < -0.4 is 4.74 Å². The molecule has 1 unspecified atom stereocenters. The Morgan fingerprint density at radius 1 is 1.18 bits per heavy atom. The first-order valence-electron chi connectivity index (χ1n) is 12.4. The van der Waals surface area contributed by atoms with Gasteiger partial charge in [0.2, 0.25) is 5.91 Å². The molecular formula is C26H29F4N7O2. The molecule has 3 aromatic rings. The summed E-state index contributed by atoms with van der Waals surface area (Å²) in [7, 11) is 0. The number of aromatic nitrogens is 5. The Hall–Kier alpha value is -3.87. The normalized spacial score (nSPS) is 16.7. The predicted octanol–water partition coefficient (Wildman–Crippen LogP) is 3.54. The third kappa shape index (κ3) is 7.59.